The van der Waals surface area contributed by atoms with Crippen LogP contribution < -0.4 is 10.2 Å². The van der Waals surface area contributed by atoms with Crippen molar-refractivity contribution in [1.82, 2.24) is 10.3 Å². The van der Waals surface area contributed by atoms with E-state index in [4.69, 9.17) is 4.98 Å². The fourth-order valence-corrected chi connectivity index (χ4v) is 2.11. The van der Waals surface area contributed by atoms with Gasteiger partial charge in [0.1, 0.15) is 5.82 Å². The smallest absolute Gasteiger partial charge is 0.132 e. The van der Waals surface area contributed by atoms with Crippen molar-refractivity contribution in [2.45, 2.75) is 27.3 Å². The number of nitrogens with zero attached hydrogens (tertiary/aromatic N) is 2. The number of benzene rings is 1. The van der Waals surface area contributed by atoms with Crippen molar-refractivity contribution in [3.05, 3.63) is 53.2 Å². The lowest BCUT2D eigenvalue weighted by atomic mass is 10.2. The van der Waals surface area contributed by atoms with Crippen molar-refractivity contribution in [1.29, 1.82) is 0 Å². The van der Waals surface area contributed by atoms with Crippen LogP contribution in [-0.2, 0) is 6.54 Å². The van der Waals surface area contributed by atoms with Crippen LogP contribution in [0.1, 0.15) is 23.7 Å². The maximum absolute atomic E-state index is 4.71. The summed E-state index contributed by atoms with van der Waals surface area (Å²) in [5.74, 6) is 0.978. The number of hydrogen-bond donors (Lipinski definition) is 1. The minimum atomic E-state index is 0.879. The third-order valence-corrected chi connectivity index (χ3v) is 3.51. The Morgan fingerprint density at radius 1 is 1.05 bits per heavy atom. The Labute approximate surface area is 121 Å². The van der Waals surface area contributed by atoms with Gasteiger partial charge < -0.3 is 10.2 Å². The van der Waals surface area contributed by atoms with Crippen LogP contribution in [0.5, 0.6) is 0 Å². The molecule has 0 saturated heterocycles. The first kappa shape index (κ1) is 14.5. The molecule has 0 aliphatic rings. The van der Waals surface area contributed by atoms with E-state index >= 15 is 0 Å². The highest BCUT2D eigenvalue weighted by molar-refractivity contribution is 5.59. The van der Waals surface area contributed by atoms with Gasteiger partial charge in [0, 0.05) is 25.0 Å². The Kier molecular flexibility index (Phi) is 4.74. The van der Waals surface area contributed by atoms with E-state index in [2.05, 4.69) is 74.4 Å². The van der Waals surface area contributed by atoms with E-state index in [1.807, 2.05) is 0 Å². The van der Waals surface area contributed by atoms with Crippen LogP contribution in [0.15, 0.2) is 36.4 Å². The fourth-order valence-electron chi connectivity index (χ4n) is 2.11. The Morgan fingerprint density at radius 3 is 2.35 bits per heavy atom. The van der Waals surface area contributed by atoms with Gasteiger partial charge in [-0.05, 0) is 44.2 Å². The zero-order valence-corrected chi connectivity index (χ0v) is 12.8. The van der Waals surface area contributed by atoms with Crippen molar-refractivity contribution < 1.29 is 0 Å². The standard InChI is InChI=1S/C17H23N3/c1-5-18-12-15-8-11-17(19-14(15)3)20(4)16-9-6-13(2)7-10-16/h6-11,18H,5,12H2,1-4H3. The summed E-state index contributed by atoms with van der Waals surface area (Å²) < 4.78 is 0. The Morgan fingerprint density at radius 2 is 1.75 bits per heavy atom. The molecule has 0 aliphatic heterocycles. The van der Waals surface area contributed by atoms with Gasteiger partial charge in [-0.15, -0.1) is 0 Å². The average Bonchev–Trinajstić information content (AvgIpc) is 2.46. The molecule has 0 bridgehead atoms. The van der Waals surface area contributed by atoms with Crippen molar-refractivity contribution >= 4 is 11.5 Å². The van der Waals surface area contributed by atoms with Gasteiger partial charge in [0.15, 0.2) is 0 Å². The Hall–Kier alpha value is -1.87. The molecule has 106 valence electrons. The van der Waals surface area contributed by atoms with Crippen molar-refractivity contribution in [3.8, 4) is 0 Å². The van der Waals surface area contributed by atoms with E-state index < -0.39 is 0 Å². The topological polar surface area (TPSA) is 28.2 Å². The largest absolute Gasteiger partial charge is 0.329 e. The van der Waals surface area contributed by atoms with Crippen molar-refractivity contribution in [2.24, 2.45) is 0 Å². The SMILES string of the molecule is CCNCc1ccc(N(C)c2ccc(C)cc2)nc1C. The first-order valence-corrected chi connectivity index (χ1v) is 7.09. The molecule has 0 saturated carbocycles. The van der Waals surface area contributed by atoms with Crippen molar-refractivity contribution in [2.75, 3.05) is 18.5 Å². The van der Waals surface area contributed by atoms with E-state index in [1.165, 1.54) is 11.1 Å². The molecule has 1 aromatic carbocycles. The molecule has 20 heavy (non-hydrogen) atoms. The molecule has 0 atom stereocenters. The second kappa shape index (κ2) is 6.53. The lowest BCUT2D eigenvalue weighted by Crippen LogP contribution is -2.15. The van der Waals surface area contributed by atoms with Crippen LogP contribution in [0.2, 0.25) is 0 Å². The molecule has 3 heteroatoms. The number of hydrogen-bond acceptors (Lipinski definition) is 3. The van der Waals surface area contributed by atoms with Crippen LogP contribution in [0.25, 0.3) is 0 Å². The summed E-state index contributed by atoms with van der Waals surface area (Å²) in [7, 11) is 2.05. The number of anilines is 2. The van der Waals surface area contributed by atoms with Gasteiger partial charge >= 0.3 is 0 Å². The van der Waals surface area contributed by atoms with Crippen LogP contribution in [0.4, 0.5) is 11.5 Å². The molecule has 1 aromatic heterocycles. The van der Waals surface area contributed by atoms with Crippen molar-refractivity contribution in [3.63, 3.8) is 0 Å². The summed E-state index contributed by atoms with van der Waals surface area (Å²) in [5.41, 5.74) is 4.77. The molecule has 1 N–H and O–H groups in total. The monoisotopic (exact) mass is 269 g/mol. The molecule has 2 rings (SSSR count). The van der Waals surface area contributed by atoms with Crippen LogP contribution in [0, 0.1) is 13.8 Å². The molecule has 0 unspecified atom stereocenters. The first-order chi connectivity index (χ1) is 9.61. The molecule has 1 heterocycles. The molecule has 0 aliphatic carbocycles. The predicted octanol–water partition coefficient (Wildman–Crippen LogP) is 3.58. The Bertz CT molecular complexity index is 561. The average molecular weight is 269 g/mol. The van der Waals surface area contributed by atoms with Gasteiger partial charge in [0.2, 0.25) is 0 Å². The van der Waals surface area contributed by atoms with E-state index in [9.17, 15) is 0 Å². The maximum atomic E-state index is 4.71. The lowest BCUT2D eigenvalue weighted by Gasteiger charge is -2.20. The number of aryl methyl sites for hydroxylation is 2. The number of nitrogens with one attached hydrogen (secondary N) is 1. The summed E-state index contributed by atoms with van der Waals surface area (Å²) in [6.45, 7) is 8.14. The summed E-state index contributed by atoms with van der Waals surface area (Å²) >= 11 is 0. The van der Waals surface area contributed by atoms with Gasteiger partial charge in [-0.3, -0.25) is 0 Å². The van der Waals surface area contributed by atoms with Crippen LogP contribution >= 0.6 is 0 Å². The highest BCUT2D eigenvalue weighted by Gasteiger charge is 2.07. The molecule has 3 nitrogen and oxygen atoms in total. The highest BCUT2D eigenvalue weighted by atomic mass is 15.2. The summed E-state index contributed by atoms with van der Waals surface area (Å²) in [4.78, 5) is 6.83. The van der Waals surface area contributed by atoms with Gasteiger partial charge in [-0.25, -0.2) is 4.98 Å². The van der Waals surface area contributed by atoms with Gasteiger partial charge in [-0.1, -0.05) is 30.7 Å². The number of rotatable bonds is 5. The van der Waals surface area contributed by atoms with E-state index in [0.717, 1.165) is 30.3 Å². The summed E-state index contributed by atoms with van der Waals surface area (Å²) in [6, 6.07) is 12.7. The zero-order valence-electron chi connectivity index (χ0n) is 12.8. The third kappa shape index (κ3) is 3.36. The normalized spacial score (nSPS) is 10.6. The van der Waals surface area contributed by atoms with Gasteiger partial charge in [0.25, 0.3) is 0 Å². The number of aromatic nitrogens is 1. The molecule has 2 aromatic rings. The first-order valence-electron chi connectivity index (χ1n) is 7.09. The molecule has 0 radical (unpaired) electrons. The maximum Gasteiger partial charge on any atom is 0.132 e. The zero-order chi connectivity index (χ0) is 14.5. The molecule has 0 amide bonds. The molecular formula is C17H23N3. The molecule has 0 spiro atoms. The quantitative estimate of drug-likeness (QED) is 0.899. The minimum absolute atomic E-state index is 0.879. The predicted molar refractivity (Wildman–Crippen MR) is 85.6 cm³/mol. The second-order valence-corrected chi connectivity index (χ2v) is 5.09. The fraction of sp³-hybridized carbons (Fsp3) is 0.353. The summed E-state index contributed by atoms with van der Waals surface area (Å²) in [6.07, 6.45) is 0. The molecule has 0 fully saturated rings. The molecular weight excluding hydrogens is 246 g/mol. The highest BCUT2D eigenvalue weighted by Crippen LogP contribution is 2.23. The summed E-state index contributed by atoms with van der Waals surface area (Å²) in [5, 5.41) is 3.34. The number of pyridine rings is 1. The van der Waals surface area contributed by atoms with E-state index in [-0.39, 0.29) is 0 Å². The van der Waals surface area contributed by atoms with E-state index in [0.29, 0.717) is 0 Å². The van der Waals surface area contributed by atoms with Crippen LogP contribution in [0.3, 0.4) is 0 Å². The van der Waals surface area contributed by atoms with Crippen LogP contribution in [-0.4, -0.2) is 18.6 Å². The lowest BCUT2D eigenvalue weighted by molar-refractivity contribution is 0.720. The van der Waals surface area contributed by atoms with Gasteiger partial charge in [-0.2, -0.15) is 0 Å². The second-order valence-electron chi connectivity index (χ2n) is 5.09. The third-order valence-electron chi connectivity index (χ3n) is 3.51. The minimum Gasteiger partial charge on any atom is -0.329 e. The Balaban J connectivity index is 2.20. The van der Waals surface area contributed by atoms with Gasteiger partial charge in [0.05, 0.1) is 0 Å². The van der Waals surface area contributed by atoms with E-state index in [1.54, 1.807) is 0 Å².